The Morgan fingerprint density at radius 3 is 2.47 bits per heavy atom. The summed E-state index contributed by atoms with van der Waals surface area (Å²) in [6, 6.07) is 15.0. The van der Waals surface area contributed by atoms with Crippen molar-refractivity contribution in [3.63, 3.8) is 0 Å². The number of H-pyrrole nitrogens is 1. The van der Waals surface area contributed by atoms with Crippen LogP contribution in [-0.2, 0) is 40.7 Å². The number of aromatic amines is 1. The van der Waals surface area contributed by atoms with Gasteiger partial charge in [-0.1, -0.05) is 48.6 Å². The highest BCUT2D eigenvalue weighted by Gasteiger charge is 2.51. The molecule has 8 rings (SSSR count). The lowest BCUT2D eigenvalue weighted by molar-refractivity contribution is -0.144. The Morgan fingerprint density at radius 2 is 1.72 bits per heavy atom. The maximum absolute atomic E-state index is 14.6. The van der Waals surface area contributed by atoms with Crippen molar-refractivity contribution in [1.29, 1.82) is 0 Å². The molecular weight excluding hydrogens is 904 g/mol. The van der Waals surface area contributed by atoms with E-state index in [4.69, 9.17) is 0 Å². The van der Waals surface area contributed by atoms with Crippen molar-refractivity contribution < 1.29 is 56.7 Å². The average Bonchev–Trinajstić information content (AvgIpc) is 4.03. The number of hydrogen-bond donors (Lipinski definition) is 5. The van der Waals surface area contributed by atoms with Crippen molar-refractivity contribution in [3.8, 4) is 11.8 Å². The zero-order valence-corrected chi connectivity index (χ0v) is 38.0. The molecule has 5 N–H and O–H groups in total. The molecule has 4 aliphatic rings. The zero-order valence-electron chi connectivity index (χ0n) is 37.1. The number of imide groups is 1. The SMILES string of the molecule is CN(C(=O)[C@@H]1CC[C@@H]2CCN(C(=O)CCCCCC#Cc3cccc4c3CN(C3CCC(=O)NC3=O)C4=O)C[C@H](NC(=O)c3cc4cc(C(F)(F)P(=O)(O)O)ccc4[nH]3)C(=O)N21)c1ccccc1. The molecule has 20 heteroatoms. The van der Waals surface area contributed by atoms with Gasteiger partial charge in [-0.25, -0.2) is 0 Å². The number of amides is 7. The normalized spacial score (nSPS) is 20.8. The van der Waals surface area contributed by atoms with Gasteiger partial charge in [0.2, 0.25) is 29.5 Å². The quantitative estimate of drug-likeness (QED) is 0.0578. The number of rotatable bonds is 12. The Balaban J connectivity index is 0.926. The number of fused-ring (bicyclic) bond motifs is 3. The predicted octanol–water partition coefficient (Wildman–Crippen LogP) is 4.51. The highest BCUT2D eigenvalue weighted by molar-refractivity contribution is 7.52. The summed E-state index contributed by atoms with van der Waals surface area (Å²) < 4.78 is 40.7. The summed E-state index contributed by atoms with van der Waals surface area (Å²) in [5.41, 5.74) is -2.85. The summed E-state index contributed by atoms with van der Waals surface area (Å²) in [6.07, 6.45) is 4.14. The van der Waals surface area contributed by atoms with Crippen LogP contribution < -0.4 is 15.5 Å². The molecule has 0 bridgehead atoms. The molecular formula is C48H50F2N7O10P. The van der Waals surface area contributed by atoms with Gasteiger partial charge in [-0.15, -0.1) is 0 Å². The first-order valence-electron chi connectivity index (χ1n) is 22.5. The number of carbonyl (C=O) groups is 7. The monoisotopic (exact) mass is 953 g/mol. The second-order valence-corrected chi connectivity index (χ2v) is 19.2. The second-order valence-electron chi connectivity index (χ2n) is 17.5. The fraction of sp³-hybridized carbons (Fsp3) is 0.396. The lowest BCUT2D eigenvalue weighted by Crippen LogP contribution is -2.61. The van der Waals surface area contributed by atoms with E-state index in [1.807, 2.05) is 12.1 Å². The Labute approximate surface area is 389 Å². The van der Waals surface area contributed by atoms with Crippen LogP contribution in [0.4, 0.5) is 14.5 Å². The third-order valence-corrected chi connectivity index (χ3v) is 14.2. The number of aromatic nitrogens is 1. The maximum atomic E-state index is 14.6. The van der Waals surface area contributed by atoms with Gasteiger partial charge in [-0.05, 0) is 86.6 Å². The minimum atomic E-state index is -5.87. The van der Waals surface area contributed by atoms with Gasteiger partial charge in [0, 0.05) is 85.3 Å². The van der Waals surface area contributed by atoms with Crippen molar-refractivity contribution in [3.05, 3.63) is 101 Å². The number of unbranched alkanes of at least 4 members (excludes halogenated alkanes) is 3. The standard InChI is InChI=1S/C48H50F2N7O10P/c1-54(32-13-7-5-8-14-32)47(64)40-20-18-33-23-24-55(28-38(46(63)57(33)40)52-43(60)37-26-30-25-31(17-19-36(30)51-37)48(49,50)68(65,66)67)42(59)16-9-4-2-3-6-11-29-12-10-15-34-35(29)27-56(45(34)62)39-21-22-41(58)53-44(39)61/h5,7-8,10,12-15,17,19,25-26,33,38-40,51H,2-4,9,16,18,20-24,27-28H2,1H3,(H,52,60)(H,53,58,61)(H2,65,66,67)/t33-,38+,39?,40+/m1/s1. The number of benzene rings is 3. The van der Waals surface area contributed by atoms with E-state index in [9.17, 15) is 56.7 Å². The van der Waals surface area contributed by atoms with Crippen LogP contribution >= 0.6 is 7.60 Å². The molecule has 0 saturated carbocycles. The number of hydrogen-bond acceptors (Lipinski definition) is 8. The fourth-order valence-corrected chi connectivity index (χ4v) is 9.96. The van der Waals surface area contributed by atoms with Gasteiger partial charge in [0.15, 0.2) is 0 Å². The number of piperidine rings is 1. The molecule has 0 spiro atoms. The molecule has 0 radical (unpaired) electrons. The van der Waals surface area contributed by atoms with E-state index in [-0.39, 0.29) is 79.1 Å². The van der Waals surface area contributed by atoms with Crippen LogP contribution in [0.2, 0.25) is 0 Å². The van der Waals surface area contributed by atoms with Gasteiger partial charge in [-0.2, -0.15) is 8.78 Å². The molecule has 4 aliphatic heterocycles. The maximum Gasteiger partial charge on any atom is 0.399 e. The lowest BCUT2D eigenvalue weighted by Gasteiger charge is -2.39. The number of alkyl halides is 2. The molecule has 1 unspecified atom stereocenters. The number of anilines is 1. The Morgan fingerprint density at radius 1 is 0.941 bits per heavy atom. The first-order chi connectivity index (χ1) is 32.4. The molecule has 356 valence electrons. The van der Waals surface area contributed by atoms with E-state index in [0.29, 0.717) is 61.8 Å². The number of nitrogens with zero attached hydrogens (tertiary/aromatic N) is 4. The molecule has 3 saturated heterocycles. The third-order valence-electron chi connectivity index (χ3n) is 13.2. The fourth-order valence-electron chi connectivity index (χ4n) is 9.48. The highest BCUT2D eigenvalue weighted by atomic mass is 31.2. The molecule has 68 heavy (non-hydrogen) atoms. The van der Waals surface area contributed by atoms with E-state index in [1.165, 1.54) is 20.8 Å². The number of para-hydroxylation sites is 1. The summed E-state index contributed by atoms with van der Waals surface area (Å²) in [5.74, 6) is 3.27. The van der Waals surface area contributed by atoms with Crippen LogP contribution in [0.5, 0.6) is 0 Å². The van der Waals surface area contributed by atoms with Crippen LogP contribution in [0.1, 0.15) is 102 Å². The third kappa shape index (κ3) is 9.67. The molecule has 3 fully saturated rings. The second kappa shape index (κ2) is 19.5. The minimum Gasteiger partial charge on any atom is -0.351 e. The zero-order chi connectivity index (χ0) is 48.5. The van der Waals surface area contributed by atoms with E-state index in [2.05, 4.69) is 27.5 Å². The van der Waals surface area contributed by atoms with Crippen molar-refractivity contribution in [2.75, 3.05) is 25.0 Å². The molecule has 7 amide bonds. The van der Waals surface area contributed by atoms with Crippen molar-refractivity contribution in [1.82, 2.24) is 30.3 Å². The van der Waals surface area contributed by atoms with E-state index < -0.39 is 60.7 Å². The van der Waals surface area contributed by atoms with Crippen LogP contribution in [0.25, 0.3) is 10.9 Å². The van der Waals surface area contributed by atoms with Gasteiger partial charge in [-0.3, -0.25) is 43.4 Å². The lowest BCUT2D eigenvalue weighted by atomic mass is 10.0. The van der Waals surface area contributed by atoms with E-state index >= 15 is 0 Å². The Hall–Kier alpha value is -6.74. The van der Waals surface area contributed by atoms with Gasteiger partial charge in [0.05, 0.1) is 0 Å². The molecule has 17 nitrogen and oxygen atoms in total. The largest absolute Gasteiger partial charge is 0.399 e. The summed E-state index contributed by atoms with van der Waals surface area (Å²) in [5, 5.41) is 5.09. The van der Waals surface area contributed by atoms with Crippen molar-refractivity contribution in [2.24, 2.45) is 0 Å². The Kier molecular flexibility index (Phi) is 13.7. The number of carbonyl (C=O) groups excluding carboxylic acids is 7. The van der Waals surface area contributed by atoms with Gasteiger partial charge >= 0.3 is 13.3 Å². The predicted molar refractivity (Wildman–Crippen MR) is 243 cm³/mol. The summed E-state index contributed by atoms with van der Waals surface area (Å²) in [4.78, 5) is 121. The summed E-state index contributed by atoms with van der Waals surface area (Å²) >= 11 is 0. The van der Waals surface area contributed by atoms with E-state index in [0.717, 1.165) is 23.8 Å². The molecule has 4 aromatic rings. The molecule has 0 aliphatic carbocycles. The van der Waals surface area contributed by atoms with Crippen LogP contribution in [0.15, 0.2) is 72.8 Å². The van der Waals surface area contributed by atoms with Gasteiger partial charge < -0.3 is 39.7 Å². The smallest absolute Gasteiger partial charge is 0.351 e. The van der Waals surface area contributed by atoms with Crippen LogP contribution in [0.3, 0.4) is 0 Å². The molecule has 3 aromatic carbocycles. The number of halogens is 2. The number of likely N-dealkylation sites (N-methyl/N-ethyl adjacent to an activating group) is 1. The topological polar surface area (TPSA) is 230 Å². The minimum absolute atomic E-state index is 0.0557. The summed E-state index contributed by atoms with van der Waals surface area (Å²) in [7, 11) is -4.24. The Bertz CT molecular complexity index is 2800. The van der Waals surface area contributed by atoms with E-state index in [1.54, 1.807) is 48.3 Å². The average molecular weight is 954 g/mol. The first-order valence-corrected chi connectivity index (χ1v) is 24.1. The first kappa shape index (κ1) is 47.7. The van der Waals surface area contributed by atoms with Crippen LogP contribution in [-0.4, -0.2) is 115 Å². The molecule has 1 aromatic heterocycles. The molecule has 5 heterocycles. The molecule has 4 atom stereocenters. The van der Waals surface area contributed by atoms with Crippen LogP contribution in [0, 0.1) is 11.8 Å². The van der Waals surface area contributed by atoms with Gasteiger partial charge in [0.25, 0.3) is 11.8 Å². The highest BCUT2D eigenvalue weighted by Crippen LogP contribution is 2.59. The van der Waals surface area contributed by atoms with Crippen molar-refractivity contribution >= 4 is 65.5 Å². The summed E-state index contributed by atoms with van der Waals surface area (Å²) in [6.45, 7) is 0.242. The van der Waals surface area contributed by atoms with Gasteiger partial charge in [0.1, 0.15) is 23.8 Å². The number of nitrogens with one attached hydrogen (secondary N) is 3. The van der Waals surface area contributed by atoms with Crippen molar-refractivity contribution in [2.45, 2.75) is 101 Å².